The summed E-state index contributed by atoms with van der Waals surface area (Å²) >= 11 is 0. The van der Waals surface area contributed by atoms with Gasteiger partial charge in [-0.3, -0.25) is 4.57 Å². The van der Waals surface area contributed by atoms with E-state index in [9.17, 15) is 0 Å². The highest BCUT2D eigenvalue weighted by Gasteiger charge is 2.26. The number of rotatable bonds is 5. The molecule has 8 aromatic carbocycles. The minimum atomic E-state index is 0.569. The summed E-state index contributed by atoms with van der Waals surface area (Å²) in [5, 5.41) is 7.10. The lowest BCUT2D eigenvalue weighted by atomic mass is 9.93. The van der Waals surface area contributed by atoms with Crippen molar-refractivity contribution in [3.63, 3.8) is 0 Å². The Morgan fingerprint density at radius 3 is 1.54 bits per heavy atom. The highest BCUT2D eigenvalue weighted by Crippen LogP contribution is 2.47. The second-order valence-corrected chi connectivity index (χ2v) is 13.6. The molecule has 252 valence electrons. The van der Waals surface area contributed by atoms with Crippen LogP contribution in [0, 0.1) is 0 Å². The van der Waals surface area contributed by atoms with Gasteiger partial charge >= 0.3 is 0 Å². The van der Waals surface area contributed by atoms with Crippen LogP contribution < -0.4 is 0 Å². The van der Waals surface area contributed by atoms with Gasteiger partial charge in [0.05, 0.1) is 22.1 Å². The van der Waals surface area contributed by atoms with Crippen LogP contribution in [0.3, 0.4) is 0 Å². The van der Waals surface area contributed by atoms with E-state index in [0.717, 1.165) is 55.2 Å². The average molecular weight is 690 g/mol. The molecular weight excluding hydrogens is 659 g/mol. The summed E-state index contributed by atoms with van der Waals surface area (Å²) < 4.78 is 4.68. The van der Waals surface area contributed by atoms with Crippen LogP contribution in [0.15, 0.2) is 188 Å². The fourth-order valence-corrected chi connectivity index (χ4v) is 8.23. The smallest absolute Gasteiger partial charge is 0.238 e. The molecule has 0 aliphatic heterocycles. The number of nitrogens with zero attached hydrogens (tertiary/aromatic N) is 5. The molecule has 11 aromatic rings. The van der Waals surface area contributed by atoms with Gasteiger partial charge in [0, 0.05) is 38.4 Å². The minimum Gasteiger partial charge on any atom is -0.309 e. The van der Waals surface area contributed by atoms with Gasteiger partial charge in [-0.1, -0.05) is 158 Å². The number of hydrogen-bond acceptors (Lipinski definition) is 3. The van der Waals surface area contributed by atoms with Gasteiger partial charge in [-0.2, -0.15) is 9.97 Å². The Balaban J connectivity index is 1.36. The van der Waals surface area contributed by atoms with E-state index in [1.54, 1.807) is 0 Å². The van der Waals surface area contributed by atoms with E-state index < -0.39 is 0 Å². The molecule has 0 aliphatic rings. The van der Waals surface area contributed by atoms with Gasteiger partial charge < -0.3 is 4.57 Å². The molecule has 0 radical (unpaired) electrons. The van der Waals surface area contributed by atoms with Crippen LogP contribution in [-0.2, 0) is 0 Å². The Bertz CT molecular complexity index is 3140. The van der Waals surface area contributed by atoms with Crippen molar-refractivity contribution in [1.29, 1.82) is 0 Å². The van der Waals surface area contributed by atoms with E-state index in [4.69, 9.17) is 15.0 Å². The molecule has 5 nitrogen and oxygen atoms in total. The zero-order chi connectivity index (χ0) is 35.6. The summed E-state index contributed by atoms with van der Waals surface area (Å²) in [6.45, 7) is 0. The fourth-order valence-electron chi connectivity index (χ4n) is 8.23. The third-order valence-electron chi connectivity index (χ3n) is 10.6. The molecule has 5 heteroatoms. The number of hydrogen-bond donors (Lipinski definition) is 0. The second-order valence-electron chi connectivity index (χ2n) is 13.6. The van der Waals surface area contributed by atoms with Gasteiger partial charge in [-0.05, 0) is 52.2 Å². The van der Waals surface area contributed by atoms with E-state index in [1.807, 2.05) is 36.4 Å². The SMILES string of the molecule is c1ccc(-c2nc(-c3ccccc3)nc(-n3c4ccccc4c4c3cc(-c3cccc5ccccc35)c3c5ccccc5n(-c5ccccc5)c34)n2)cc1. The molecule has 0 saturated carbocycles. The van der Waals surface area contributed by atoms with E-state index in [-0.39, 0.29) is 0 Å². The van der Waals surface area contributed by atoms with E-state index >= 15 is 0 Å². The molecule has 0 N–H and O–H groups in total. The Kier molecular flexibility index (Phi) is 6.79. The first-order valence-electron chi connectivity index (χ1n) is 18.2. The van der Waals surface area contributed by atoms with Crippen molar-refractivity contribution >= 4 is 54.4 Å². The summed E-state index contributed by atoms with van der Waals surface area (Å²) in [6.07, 6.45) is 0. The predicted octanol–water partition coefficient (Wildman–Crippen LogP) is 12.2. The molecule has 0 saturated heterocycles. The molecule has 54 heavy (non-hydrogen) atoms. The Morgan fingerprint density at radius 2 is 0.870 bits per heavy atom. The first-order valence-corrected chi connectivity index (χ1v) is 18.2. The Hall–Kier alpha value is -7.37. The topological polar surface area (TPSA) is 48.5 Å². The molecule has 0 bridgehead atoms. The maximum atomic E-state index is 5.26. The van der Waals surface area contributed by atoms with Gasteiger partial charge in [-0.25, -0.2) is 4.98 Å². The number of para-hydroxylation sites is 3. The van der Waals surface area contributed by atoms with Crippen molar-refractivity contribution in [1.82, 2.24) is 24.1 Å². The van der Waals surface area contributed by atoms with E-state index in [1.165, 1.54) is 27.1 Å². The van der Waals surface area contributed by atoms with Crippen LogP contribution in [0.2, 0.25) is 0 Å². The average Bonchev–Trinajstić information content (AvgIpc) is 3.77. The molecule has 11 rings (SSSR count). The quantitative estimate of drug-likeness (QED) is 0.181. The lowest BCUT2D eigenvalue weighted by Gasteiger charge is -2.14. The van der Waals surface area contributed by atoms with E-state index in [2.05, 4.69) is 161 Å². The Labute approximate surface area is 311 Å². The van der Waals surface area contributed by atoms with Gasteiger partial charge in [0.15, 0.2) is 11.6 Å². The molecule has 0 atom stereocenters. The highest BCUT2D eigenvalue weighted by atomic mass is 15.2. The van der Waals surface area contributed by atoms with Crippen LogP contribution in [-0.4, -0.2) is 24.1 Å². The fraction of sp³-hybridized carbons (Fsp3) is 0. The van der Waals surface area contributed by atoms with Crippen molar-refractivity contribution < 1.29 is 0 Å². The lowest BCUT2D eigenvalue weighted by molar-refractivity contribution is 0.953. The normalized spacial score (nSPS) is 11.7. The molecular formula is C49H31N5. The maximum absolute atomic E-state index is 5.26. The minimum absolute atomic E-state index is 0.569. The van der Waals surface area contributed by atoms with Gasteiger partial charge in [-0.15, -0.1) is 0 Å². The molecule has 3 heterocycles. The predicted molar refractivity (Wildman–Crippen MR) is 222 cm³/mol. The molecule has 0 spiro atoms. The summed E-state index contributed by atoms with van der Waals surface area (Å²) in [7, 11) is 0. The van der Waals surface area contributed by atoms with Crippen molar-refractivity contribution in [3.8, 4) is 45.5 Å². The third kappa shape index (κ3) is 4.62. The van der Waals surface area contributed by atoms with Crippen LogP contribution in [0.5, 0.6) is 0 Å². The number of aromatic nitrogens is 5. The maximum Gasteiger partial charge on any atom is 0.238 e. The second kappa shape index (κ2) is 12.1. The number of benzene rings is 8. The monoisotopic (exact) mass is 689 g/mol. The summed E-state index contributed by atoms with van der Waals surface area (Å²) in [5.41, 5.74) is 9.66. The Morgan fingerprint density at radius 1 is 0.352 bits per heavy atom. The number of fused-ring (bicyclic) bond motifs is 8. The zero-order valence-electron chi connectivity index (χ0n) is 29.1. The van der Waals surface area contributed by atoms with Crippen LogP contribution in [0.25, 0.3) is 99.9 Å². The summed E-state index contributed by atoms with van der Waals surface area (Å²) in [4.78, 5) is 15.6. The third-order valence-corrected chi connectivity index (χ3v) is 10.6. The van der Waals surface area contributed by atoms with Crippen molar-refractivity contribution in [3.05, 3.63) is 188 Å². The molecule has 0 unspecified atom stereocenters. The van der Waals surface area contributed by atoms with Gasteiger partial charge in [0.1, 0.15) is 0 Å². The van der Waals surface area contributed by atoms with Crippen LogP contribution in [0.1, 0.15) is 0 Å². The first kappa shape index (κ1) is 30.3. The molecule has 0 fully saturated rings. The van der Waals surface area contributed by atoms with Gasteiger partial charge in [0.25, 0.3) is 0 Å². The molecule has 0 aliphatic carbocycles. The van der Waals surface area contributed by atoms with Crippen molar-refractivity contribution in [2.75, 3.05) is 0 Å². The van der Waals surface area contributed by atoms with Gasteiger partial charge in [0.2, 0.25) is 5.95 Å². The zero-order valence-corrected chi connectivity index (χ0v) is 29.1. The summed E-state index contributed by atoms with van der Waals surface area (Å²) in [6, 6.07) is 66.2. The van der Waals surface area contributed by atoms with Crippen LogP contribution >= 0.6 is 0 Å². The molecule has 0 amide bonds. The van der Waals surface area contributed by atoms with Crippen molar-refractivity contribution in [2.45, 2.75) is 0 Å². The van der Waals surface area contributed by atoms with E-state index in [0.29, 0.717) is 17.6 Å². The first-order chi connectivity index (χ1) is 26.8. The largest absolute Gasteiger partial charge is 0.309 e. The lowest BCUT2D eigenvalue weighted by Crippen LogP contribution is -2.06. The summed E-state index contributed by atoms with van der Waals surface area (Å²) in [5.74, 6) is 1.82. The highest BCUT2D eigenvalue weighted by molar-refractivity contribution is 6.30. The molecule has 3 aromatic heterocycles. The van der Waals surface area contributed by atoms with Crippen LogP contribution in [0.4, 0.5) is 0 Å². The van der Waals surface area contributed by atoms with Crippen molar-refractivity contribution in [2.24, 2.45) is 0 Å². The standard InChI is InChI=1S/C49H31N5/c1-4-18-33(19-5-1)47-50-48(34-20-6-2-7-21-34)52-49(51-47)54-42-30-15-13-27-39(42)45-43(54)31-40(37-28-16-22-32-17-10-11-25-36(32)37)44-38-26-12-14-29-41(38)53(46(44)45)35-23-8-3-9-24-35/h1-31H.